The van der Waals surface area contributed by atoms with Crippen LogP contribution >= 0.6 is 11.6 Å². The van der Waals surface area contributed by atoms with E-state index in [1.54, 1.807) is 42.5 Å². The van der Waals surface area contributed by atoms with E-state index < -0.39 is 0 Å². The molecule has 1 heterocycles. The van der Waals surface area contributed by atoms with E-state index in [1.807, 2.05) is 55.5 Å². The lowest BCUT2D eigenvalue weighted by Crippen LogP contribution is -2.20. The Bertz CT molecular complexity index is 1630. The number of benzene rings is 4. The van der Waals surface area contributed by atoms with Gasteiger partial charge in [-0.15, -0.1) is 0 Å². The summed E-state index contributed by atoms with van der Waals surface area (Å²) < 4.78 is 17.0. The Morgan fingerprint density at radius 2 is 1.62 bits per heavy atom. The van der Waals surface area contributed by atoms with Crippen LogP contribution in [0.1, 0.15) is 5.56 Å². The van der Waals surface area contributed by atoms with Gasteiger partial charge in [0.1, 0.15) is 23.3 Å². The second kappa shape index (κ2) is 10.6. The molecular formula is C30H22ClNO5. The first-order chi connectivity index (χ1) is 18.0. The highest BCUT2D eigenvalue weighted by atomic mass is 35.5. The zero-order valence-electron chi connectivity index (χ0n) is 19.9. The van der Waals surface area contributed by atoms with E-state index in [1.165, 1.54) is 6.26 Å². The summed E-state index contributed by atoms with van der Waals surface area (Å²) in [7, 11) is 0. The highest BCUT2D eigenvalue weighted by Crippen LogP contribution is 2.27. The first-order valence-corrected chi connectivity index (χ1v) is 11.9. The van der Waals surface area contributed by atoms with Gasteiger partial charge < -0.3 is 19.2 Å². The molecule has 0 aliphatic carbocycles. The summed E-state index contributed by atoms with van der Waals surface area (Å²) in [5.74, 6) is 0.637. The average Bonchev–Trinajstić information content (AvgIpc) is 2.92. The summed E-state index contributed by atoms with van der Waals surface area (Å²) in [4.78, 5) is 25.2. The molecule has 0 unspecified atom stereocenters. The Labute approximate surface area is 218 Å². The van der Waals surface area contributed by atoms with Crippen molar-refractivity contribution in [1.82, 2.24) is 0 Å². The van der Waals surface area contributed by atoms with Gasteiger partial charge in [-0.3, -0.25) is 9.59 Å². The van der Waals surface area contributed by atoms with Crippen LogP contribution < -0.4 is 20.2 Å². The molecule has 5 aromatic rings. The largest absolute Gasteiger partial charge is 0.484 e. The van der Waals surface area contributed by atoms with Crippen LogP contribution in [0.4, 0.5) is 5.69 Å². The molecule has 0 spiro atoms. The summed E-state index contributed by atoms with van der Waals surface area (Å²) in [6.45, 7) is 1.66. The Balaban J connectivity index is 1.25. The van der Waals surface area contributed by atoms with Gasteiger partial charge in [0.2, 0.25) is 11.2 Å². The third kappa shape index (κ3) is 5.66. The number of rotatable bonds is 7. The normalized spacial score (nSPS) is 10.8. The first-order valence-electron chi connectivity index (χ1n) is 11.5. The maximum atomic E-state index is 13.0. The topological polar surface area (TPSA) is 77.8 Å². The van der Waals surface area contributed by atoms with Gasteiger partial charge in [-0.1, -0.05) is 60.1 Å². The van der Waals surface area contributed by atoms with Gasteiger partial charge in [0.25, 0.3) is 5.91 Å². The Morgan fingerprint density at radius 1 is 0.892 bits per heavy atom. The lowest BCUT2D eigenvalue weighted by atomic mass is 10.1. The van der Waals surface area contributed by atoms with Crippen molar-refractivity contribution in [3.8, 4) is 28.4 Å². The fraction of sp³-hybridized carbons (Fsp3) is 0.0667. The number of fused-ring (bicyclic) bond motifs is 1. The van der Waals surface area contributed by atoms with Crippen molar-refractivity contribution < 1.29 is 18.7 Å². The van der Waals surface area contributed by atoms with Crippen molar-refractivity contribution in [3.63, 3.8) is 0 Å². The van der Waals surface area contributed by atoms with Crippen LogP contribution in [-0.4, -0.2) is 12.5 Å². The molecule has 0 aliphatic heterocycles. The number of halogens is 1. The third-order valence-electron chi connectivity index (χ3n) is 5.73. The Morgan fingerprint density at radius 3 is 2.38 bits per heavy atom. The minimum atomic E-state index is -0.344. The fourth-order valence-corrected chi connectivity index (χ4v) is 3.92. The van der Waals surface area contributed by atoms with Crippen molar-refractivity contribution in [2.75, 3.05) is 11.9 Å². The van der Waals surface area contributed by atoms with E-state index in [-0.39, 0.29) is 23.7 Å². The number of hydrogen-bond acceptors (Lipinski definition) is 5. The summed E-state index contributed by atoms with van der Waals surface area (Å²) in [5, 5.41) is 3.63. The molecule has 1 amide bonds. The average molecular weight is 512 g/mol. The number of nitrogens with one attached hydrogen (secondary N) is 1. The summed E-state index contributed by atoms with van der Waals surface area (Å²) >= 11 is 6.10. The van der Waals surface area contributed by atoms with Crippen LogP contribution in [0.15, 0.2) is 106 Å². The van der Waals surface area contributed by atoms with Crippen LogP contribution in [0.25, 0.3) is 22.1 Å². The van der Waals surface area contributed by atoms with E-state index in [0.29, 0.717) is 33.2 Å². The minimum absolute atomic E-state index is 0.0739. The van der Waals surface area contributed by atoms with E-state index in [2.05, 4.69) is 5.32 Å². The molecule has 0 saturated carbocycles. The molecular weight excluding hydrogens is 490 g/mol. The third-order valence-corrected chi connectivity index (χ3v) is 6.14. The van der Waals surface area contributed by atoms with Gasteiger partial charge >= 0.3 is 0 Å². The zero-order valence-corrected chi connectivity index (χ0v) is 20.6. The van der Waals surface area contributed by atoms with Crippen molar-refractivity contribution in [3.05, 3.63) is 118 Å². The summed E-state index contributed by atoms with van der Waals surface area (Å²) in [5.41, 5.74) is 3.64. The molecule has 0 radical (unpaired) electrons. The van der Waals surface area contributed by atoms with Crippen LogP contribution in [0.5, 0.6) is 17.2 Å². The van der Waals surface area contributed by atoms with Gasteiger partial charge in [-0.05, 0) is 60.0 Å². The van der Waals surface area contributed by atoms with Crippen LogP contribution in [0, 0.1) is 6.92 Å². The van der Waals surface area contributed by atoms with E-state index >= 15 is 0 Å². The van der Waals surface area contributed by atoms with Crippen molar-refractivity contribution >= 4 is 34.2 Å². The second-order valence-corrected chi connectivity index (χ2v) is 8.79. The number of aryl methyl sites for hydroxylation is 1. The summed E-state index contributed by atoms with van der Waals surface area (Å²) in [6, 6.07) is 27.5. The number of hydrogen-bond donors (Lipinski definition) is 1. The van der Waals surface area contributed by atoms with E-state index in [0.717, 1.165) is 16.7 Å². The van der Waals surface area contributed by atoms with Crippen LogP contribution in [0.2, 0.25) is 5.02 Å². The molecule has 0 bridgehead atoms. The Kier molecular flexibility index (Phi) is 6.92. The fourth-order valence-electron chi connectivity index (χ4n) is 3.74. The molecule has 5 rings (SSSR count). The predicted octanol–water partition coefficient (Wildman–Crippen LogP) is 7.23. The zero-order chi connectivity index (χ0) is 25.8. The SMILES string of the molecule is Cc1ccc(NC(=O)COc2ccc3c(=O)c(Oc4ccc(-c5ccccc5)cc4)coc3c2)cc1Cl. The van der Waals surface area contributed by atoms with Crippen LogP contribution in [0.3, 0.4) is 0 Å². The molecule has 184 valence electrons. The number of anilines is 1. The molecule has 0 fully saturated rings. The van der Waals surface area contributed by atoms with Crippen molar-refractivity contribution in [2.45, 2.75) is 6.92 Å². The highest BCUT2D eigenvalue weighted by Gasteiger charge is 2.12. The number of ether oxygens (including phenoxy) is 2. The molecule has 6 nitrogen and oxygen atoms in total. The first kappa shape index (κ1) is 24.2. The standard InChI is InChI=1S/C30H22ClNO5/c1-19-7-10-22(15-26(19)31)32-29(33)18-35-24-13-14-25-27(16-24)36-17-28(30(25)34)37-23-11-8-21(9-12-23)20-5-3-2-4-6-20/h2-17H,18H2,1H3,(H,32,33). The molecule has 4 aromatic carbocycles. The lowest BCUT2D eigenvalue weighted by Gasteiger charge is -2.10. The Hall–Kier alpha value is -4.55. The highest BCUT2D eigenvalue weighted by molar-refractivity contribution is 6.31. The van der Waals surface area contributed by atoms with Crippen LogP contribution in [-0.2, 0) is 4.79 Å². The molecule has 1 N–H and O–H groups in total. The maximum absolute atomic E-state index is 13.0. The summed E-state index contributed by atoms with van der Waals surface area (Å²) in [6.07, 6.45) is 1.27. The lowest BCUT2D eigenvalue weighted by molar-refractivity contribution is -0.118. The van der Waals surface area contributed by atoms with Gasteiger partial charge in [0.05, 0.1) is 5.39 Å². The maximum Gasteiger partial charge on any atom is 0.262 e. The van der Waals surface area contributed by atoms with E-state index in [4.69, 9.17) is 25.5 Å². The monoisotopic (exact) mass is 511 g/mol. The molecule has 0 atom stereocenters. The molecule has 0 aliphatic rings. The van der Waals surface area contributed by atoms with Crippen molar-refractivity contribution in [2.24, 2.45) is 0 Å². The molecule has 0 saturated heterocycles. The van der Waals surface area contributed by atoms with Gasteiger partial charge in [-0.2, -0.15) is 0 Å². The second-order valence-electron chi connectivity index (χ2n) is 8.38. The van der Waals surface area contributed by atoms with Gasteiger partial charge in [0.15, 0.2) is 6.61 Å². The molecule has 7 heteroatoms. The number of carbonyl (C=O) groups is 1. The van der Waals surface area contributed by atoms with Crippen molar-refractivity contribution in [1.29, 1.82) is 0 Å². The van der Waals surface area contributed by atoms with Gasteiger partial charge in [-0.25, -0.2) is 0 Å². The number of carbonyl (C=O) groups excluding carboxylic acids is 1. The quantitative estimate of drug-likeness (QED) is 0.249. The number of amides is 1. The minimum Gasteiger partial charge on any atom is -0.484 e. The van der Waals surface area contributed by atoms with E-state index in [9.17, 15) is 9.59 Å². The molecule has 37 heavy (non-hydrogen) atoms. The van der Waals surface area contributed by atoms with Gasteiger partial charge in [0, 0.05) is 16.8 Å². The smallest absolute Gasteiger partial charge is 0.262 e. The predicted molar refractivity (Wildman–Crippen MR) is 145 cm³/mol. The molecule has 1 aromatic heterocycles.